The Labute approximate surface area is 187 Å². The van der Waals surface area contributed by atoms with Gasteiger partial charge in [0.15, 0.2) is 0 Å². The predicted octanol–water partition coefficient (Wildman–Crippen LogP) is 7.33. The molecule has 0 saturated carbocycles. The summed E-state index contributed by atoms with van der Waals surface area (Å²) in [4.78, 5) is 0. The highest BCUT2D eigenvalue weighted by molar-refractivity contribution is 6.39. The predicted molar refractivity (Wildman–Crippen MR) is 126 cm³/mol. The van der Waals surface area contributed by atoms with E-state index in [2.05, 4.69) is 0 Å². The molecule has 4 rings (SSSR count). The van der Waals surface area contributed by atoms with E-state index in [1.807, 2.05) is 103 Å². The molecule has 0 aromatic heterocycles. The molecule has 0 spiro atoms. The molecule has 4 aromatic carbocycles. The minimum absolute atomic E-state index is 0. The van der Waals surface area contributed by atoms with E-state index >= 15 is 0 Å². The van der Waals surface area contributed by atoms with E-state index in [-0.39, 0.29) is 12.4 Å². The molecule has 4 heteroatoms. The van der Waals surface area contributed by atoms with Crippen molar-refractivity contribution >= 4 is 35.6 Å². The van der Waals surface area contributed by atoms with Crippen LogP contribution >= 0.6 is 35.6 Å². The Morgan fingerprint density at radius 3 is 1.52 bits per heavy atom. The van der Waals surface area contributed by atoms with Gasteiger partial charge < -0.3 is 5.73 Å². The van der Waals surface area contributed by atoms with Crippen LogP contribution in [0.1, 0.15) is 16.7 Å². The van der Waals surface area contributed by atoms with Crippen molar-refractivity contribution in [1.29, 1.82) is 0 Å². The molecule has 0 unspecified atom stereocenters. The quantitative estimate of drug-likeness (QED) is 0.330. The zero-order valence-electron chi connectivity index (χ0n) is 15.6. The summed E-state index contributed by atoms with van der Waals surface area (Å²) in [6, 6.07) is 33.7. The first-order valence-corrected chi connectivity index (χ1v) is 9.82. The molecule has 1 nitrogen and oxygen atoms in total. The first-order chi connectivity index (χ1) is 13.6. The molecule has 2 N–H and O–H groups in total. The van der Waals surface area contributed by atoms with Crippen molar-refractivity contribution in [3.63, 3.8) is 0 Å². The van der Waals surface area contributed by atoms with E-state index in [1.54, 1.807) is 0 Å². The molecular formula is C25H20Cl3N. The zero-order valence-corrected chi connectivity index (χ0v) is 17.9. The molecule has 0 bridgehead atoms. The van der Waals surface area contributed by atoms with Crippen molar-refractivity contribution in [1.82, 2.24) is 0 Å². The molecule has 0 heterocycles. The van der Waals surface area contributed by atoms with Gasteiger partial charge in [0.1, 0.15) is 0 Å². The number of hydrogen-bond acceptors (Lipinski definition) is 1. The number of nitrogens with two attached hydrogens (primary N) is 1. The summed E-state index contributed by atoms with van der Waals surface area (Å²) < 4.78 is 0. The second-order valence-electron chi connectivity index (χ2n) is 6.69. The van der Waals surface area contributed by atoms with Gasteiger partial charge in [-0.1, -0.05) is 120 Å². The van der Waals surface area contributed by atoms with Crippen LogP contribution in [0.4, 0.5) is 0 Å². The van der Waals surface area contributed by atoms with E-state index in [0.29, 0.717) is 10.0 Å². The summed E-state index contributed by atoms with van der Waals surface area (Å²) in [7, 11) is 0. The Hall–Kier alpha value is -2.29. The van der Waals surface area contributed by atoms with Gasteiger partial charge in [0, 0.05) is 16.1 Å². The summed E-state index contributed by atoms with van der Waals surface area (Å²) >= 11 is 13.5. The Kier molecular flexibility index (Phi) is 6.66. The van der Waals surface area contributed by atoms with E-state index in [4.69, 9.17) is 28.9 Å². The molecule has 0 amide bonds. The highest BCUT2D eigenvalue weighted by Crippen LogP contribution is 2.44. The van der Waals surface area contributed by atoms with Gasteiger partial charge in [0.2, 0.25) is 0 Å². The zero-order chi connectivity index (χ0) is 19.6. The molecule has 29 heavy (non-hydrogen) atoms. The number of rotatable bonds is 4. The summed E-state index contributed by atoms with van der Waals surface area (Å²) in [5.74, 6) is 0. The molecule has 0 radical (unpaired) electrons. The van der Waals surface area contributed by atoms with Crippen LogP contribution in [0.5, 0.6) is 0 Å². The molecule has 0 atom stereocenters. The van der Waals surface area contributed by atoms with Crippen LogP contribution in [0.25, 0.3) is 11.1 Å². The van der Waals surface area contributed by atoms with Gasteiger partial charge >= 0.3 is 0 Å². The van der Waals surface area contributed by atoms with Crippen molar-refractivity contribution in [2.75, 3.05) is 0 Å². The largest absolute Gasteiger partial charge is 0.314 e. The number of benzene rings is 4. The second-order valence-corrected chi connectivity index (χ2v) is 7.48. The minimum atomic E-state index is -0.909. The molecular weight excluding hydrogens is 421 g/mol. The summed E-state index contributed by atoms with van der Waals surface area (Å²) in [6.45, 7) is 0. The Morgan fingerprint density at radius 1 is 0.586 bits per heavy atom. The SMILES string of the molecule is Cl.NC(c1ccccc1)(c1ccccc1)c1ccc(Cl)c(-c2ccccc2)c1Cl. The Morgan fingerprint density at radius 2 is 1.03 bits per heavy atom. The fourth-order valence-electron chi connectivity index (χ4n) is 3.61. The van der Waals surface area contributed by atoms with Crippen molar-refractivity contribution in [2.24, 2.45) is 5.73 Å². The smallest absolute Gasteiger partial charge is 0.0937 e. The van der Waals surface area contributed by atoms with Gasteiger partial charge in [-0.15, -0.1) is 12.4 Å². The highest BCUT2D eigenvalue weighted by atomic mass is 35.5. The fourth-order valence-corrected chi connectivity index (χ4v) is 4.34. The van der Waals surface area contributed by atoms with Crippen LogP contribution in [0.2, 0.25) is 10.0 Å². The molecule has 0 saturated heterocycles. The lowest BCUT2D eigenvalue weighted by molar-refractivity contribution is 0.653. The van der Waals surface area contributed by atoms with Crippen molar-refractivity contribution < 1.29 is 0 Å². The average molecular weight is 441 g/mol. The number of hydrogen-bond donors (Lipinski definition) is 1. The summed E-state index contributed by atoms with van der Waals surface area (Å²) in [5.41, 5.74) is 10.7. The summed E-state index contributed by atoms with van der Waals surface area (Å²) in [5, 5.41) is 1.16. The number of halogens is 3. The van der Waals surface area contributed by atoms with Gasteiger partial charge in [-0.25, -0.2) is 0 Å². The van der Waals surface area contributed by atoms with E-state index in [9.17, 15) is 0 Å². The third-order valence-corrected chi connectivity index (χ3v) is 5.74. The van der Waals surface area contributed by atoms with Gasteiger partial charge in [0.05, 0.1) is 10.6 Å². The second kappa shape index (κ2) is 9.02. The third kappa shape index (κ3) is 3.92. The van der Waals surface area contributed by atoms with Gasteiger partial charge in [-0.2, -0.15) is 0 Å². The fraction of sp³-hybridized carbons (Fsp3) is 0.0400. The van der Waals surface area contributed by atoms with Crippen molar-refractivity contribution in [2.45, 2.75) is 5.54 Å². The van der Waals surface area contributed by atoms with Crippen LogP contribution < -0.4 is 5.73 Å². The van der Waals surface area contributed by atoms with Crippen LogP contribution in [0.15, 0.2) is 103 Å². The molecule has 0 aliphatic heterocycles. The highest BCUT2D eigenvalue weighted by Gasteiger charge is 2.35. The molecule has 0 aliphatic rings. The maximum absolute atomic E-state index is 7.13. The van der Waals surface area contributed by atoms with Crippen LogP contribution in [-0.4, -0.2) is 0 Å². The lowest BCUT2D eigenvalue weighted by Crippen LogP contribution is -2.39. The van der Waals surface area contributed by atoms with Crippen LogP contribution in [0, 0.1) is 0 Å². The molecule has 146 valence electrons. The molecule has 0 aliphatic carbocycles. The molecule has 0 fully saturated rings. The van der Waals surface area contributed by atoms with E-state index in [0.717, 1.165) is 27.8 Å². The first-order valence-electron chi connectivity index (χ1n) is 9.06. The lowest BCUT2D eigenvalue weighted by Gasteiger charge is -2.33. The summed E-state index contributed by atoms with van der Waals surface area (Å²) in [6.07, 6.45) is 0. The van der Waals surface area contributed by atoms with Crippen molar-refractivity contribution in [3.8, 4) is 11.1 Å². The monoisotopic (exact) mass is 439 g/mol. The maximum atomic E-state index is 7.13. The lowest BCUT2D eigenvalue weighted by atomic mass is 9.77. The van der Waals surface area contributed by atoms with Gasteiger partial charge in [-0.05, 0) is 22.8 Å². The normalized spacial score (nSPS) is 11.0. The van der Waals surface area contributed by atoms with E-state index < -0.39 is 5.54 Å². The molecule has 4 aromatic rings. The van der Waals surface area contributed by atoms with Gasteiger partial charge in [0.25, 0.3) is 0 Å². The van der Waals surface area contributed by atoms with E-state index in [1.165, 1.54) is 0 Å². The van der Waals surface area contributed by atoms with Crippen LogP contribution in [-0.2, 0) is 5.54 Å². The van der Waals surface area contributed by atoms with Crippen molar-refractivity contribution in [3.05, 3.63) is 130 Å². The van der Waals surface area contributed by atoms with Gasteiger partial charge in [-0.3, -0.25) is 0 Å². The Bertz CT molecular complexity index is 1040. The maximum Gasteiger partial charge on any atom is 0.0937 e. The standard InChI is InChI=1S/C25H19Cl2N.ClH/c26-22-17-16-21(24(27)23(22)18-10-4-1-5-11-18)25(28,19-12-6-2-7-13-19)20-14-8-3-9-15-20;/h1-17H,28H2;1H. The Balaban J connectivity index is 0.00000240. The third-order valence-electron chi connectivity index (χ3n) is 5.04. The average Bonchev–Trinajstić information content (AvgIpc) is 2.75. The minimum Gasteiger partial charge on any atom is -0.314 e. The first kappa shape index (κ1) is 21.4. The van der Waals surface area contributed by atoms with Crippen LogP contribution in [0.3, 0.4) is 0 Å². The topological polar surface area (TPSA) is 26.0 Å².